The number of alkyl carbamates (subject to hydrolysis) is 1. The van der Waals surface area contributed by atoms with Crippen LogP contribution in [0.2, 0.25) is 0 Å². The number of amides is 2. The molecular formula is C24H22Cl2N2O5. The molecule has 2 aromatic carbocycles. The summed E-state index contributed by atoms with van der Waals surface area (Å²) in [5, 5.41) is 2.18. The monoisotopic (exact) mass is 488 g/mol. The molecule has 0 radical (unpaired) electrons. The number of rotatable bonds is 4. The van der Waals surface area contributed by atoms with Crippen molar-refractivity contribution in [3.63, 3.8) is 0 Å². The van der Waals surface area contributed by atoms with E-state index in [1.807, 2.05) is 30.3 Å². The van der Waals surface area contributed by atoms with Gasteiger partial charge in [-0.1, -0.05) is 71.7 Å². The normalized spacial score (nSPS) is 22.3. The number of benzene rings is 2. The van der Waals surface area contributed by atoms with Crippen LogP contribution >= 0.6 is 23.2 Å². The van der Waals surface area contributed by atoms with Crippen LogP contribution < -0.4 is 10.2 Å². The number of esters is 1. The van der Waals surface area contributed by atoms with Crippen molar-refractivity contribution in [2.24, 2.45) is 0 Å². The van der Waals surface area contributed by atoms with Crippen molar-refractivity contribution in [2.45, 2.75) is 44.6 Å². The maximum absolute atomic E-state index is 14.1. The van der Waals surface area contributed by atoms with Crippen LogP contribution in [0.1, 0.15) is 31.9 Å². The lowest BCUT2D eigenvalue weighted by Gasteiger charge is -2.35. The summed E-state index contributed by atoms with van der Waals surface area (Å²) in [6, 6.07) is 16.3. The number of nitrogens with zero attached hydrogens (tertiary/aromatic N) is 1. The van der Waals surface area contributed by atoms with E-state index in [1.165, 1.54) is 4.90 Å². The van der Waals surface area contributed by atoms with Gasteiger partial charge in [0.25, 0.3) is 5.91 Å². The van der Waals surface area contributed by atoms with E-state index in [9.17, 15) is 14.4 Å². The number of hydrogen-bond donors (Lipinski definition) is 1. The predicted molar refractivity (Wildman–Crippen MR) is 124 cm³/mol. The first kappa shape index (κ1) is 23.1. The van der Waals surface area contributed by atoms with Crippen LogP contribution in [-0.2, 0) is 31.1 Å². The lowest BCUT2D eigenvalue weighted by Crippen LogP contribution is -2.60. The Morgan fingerprint density at radius 1 is 1.09 bits per heavy atom. The van der Waals surface area contributed by atoms with Crippen LogP contribution in [-0.4, -0.2) is 29.7 Å². The average molecular weight is 489 g/mol. The van der Waals surface area contributed by atoms with Crippen molar-refractivity contribution in [2.75, 3.05) is 4.90 Å². The fourth-order valence-corrected chi connectivity index (χ4v) is 4.44. The Morgan fingerprint density at radius 3 is 2.33 bits per heavy atom. The summed E-state index contributed by atoms with van der Waals surface area (Å²) in [5.74, 6) is -1.40. The molecule has 1 N–H and O–H groups in total. The minimum absolute atomic E-state index is 0.164. The van der Waals surface area contributed by atoms with Gasteiger partial charge in [-0.15, -0.1) is 0 Å². The first-order chi connectivity index (χ1) is 15.5. The lowest BCUT2D eigenvalue weighted by atomic mass is 9.85. The van der Waals surface area contributed by atoms with Crippen LogP contribution in [0.15, 0.2) is 64.7 Å². The van der Waals surface area contributed by atoms with Gasteiger partial charge in [-0.05, 0) is 32.4 Å². The van der Waals surface area contributed by atoms with Gasteiger partial charge in [-0.3, -0.25) is 10.1 Å². The molecule has 0 fully saturated rings. The van der Waals surface area contributed by atoms with Gasteiger partial charge >= 0.3 is 12.1 Å². The molecule has 0 aliphatic carbocycles. The third kappa shape index (κ3) is 4.07. The van der Waals surface area contributed by atoms with E-state index in [0.717, 1.165) is 5.56 Å². The maximum atomic E-state index is 14.1. The number of ether oxygens (including phenoxy) is 2. The second-order valence-corrected chi connectivity index (χ2v) is 9.56. The molecule has 0 saturated carbocycles. The summed E-state index contributed by atoms with van der Waals surface area (Å²) in [6.07, 6.45) is -2.23. The van der Waals surface area contributed by atoms with Crippen molar-refractivity contribution in [1.29, 1.82) is 0 Å². The number of cyclic esters (lactones) is 1. The van der Waals surface area contributed by atoms with Crippen LogP contribution in [0.25, 0.3) is 0 Å². The zero-order valence-corrected chi connectivity index (χ0v) is 19.7. The largest absolute Gasteiger partial charge is 0.449 e. The molecule has 4 rings (SSSR count). The molecule has 2 atom stereocenters. The lowest BCUT2D eigenvalue weighted by molar-refractivity contribution is -0.145. The van der Waals surface area contributed by atoms with Gasteiger partial charge in [0, 0.05) is 5.56 Å². The average Bonchev–Trinajstić information content (AvgIpc) is 3.14. The minimum Gasteiger partial charge on any atom is -0.449 e. The predicted octanol–water partition coefficient (Wildman–Crippen LogP) is 4.57. The standard InChI is InChI=1S/C24H22Cl2N2O5/c1-23(2,3)33-22(31)27-24(19-17(25)18(26)20(29)32-19)15-11-7-8-12-16(15)28(21(24)30)13-14-9-5-4-6-10-14/h4-12,19H,13H2,1-3H3,(H,27,31)/t19-,24+/m0/s1. The van der Waals surface area contributed by atoms with E-state index in [2.05, 4.69) is 5.32 Å². The smallest absolute Gasteiger partial charge is 0.408 e. The van der Waals surface area contributed by atoms with Gasteiger partial charge in [-0.2, -0.15) is 0 Å². The SMILES string of the molecule is CC(C)(C)OC(=O)N[C@]1([C@H]2OC(=O)C(Cl)=C2Cl)C(=O)N(Cc2ccccc2)c2ccccc21. The quantitative estimate of drug-likeness (QED) is 0.637. The summed E-state index contributed by atoms with van der Waals surface area (Å²) in [6.45, 7) is 5.32. The maximum Gasteiger partial charge on any atom is 0.408 e. The topological polar surface area (TPSA) is 84.9 Å². The second kappa shape index (κ2) is 8.39. The molecule has 0 saturated heterocycles. The molecular weight excluding hydrogens is 467 g/mol. The van der Waals surface area contributed by atoms with Gasteiger partial charge in [-0.25, -0.2) is 9.59 Å². The zero-order chi connectivity index (χ0) is 24.0. The first-order valence-corrected chi connectivity index (χ1v) is 11.0. The number of nitrogens with one attached hydrogen (secondary N) is 1. The number of fused-ring (bicyclic) bond motifs is 1. The molecule has 2 aromatic rings. The van der Waals surface area contributed by atoms with Crippen molar-refractivity contribution < 1.29 is 23.9 Å². The number of carbonyl (C=O) groups excluding carboxylic acids is 3. The summed E-state index contributed by atoms with van der Waals surface area (Å²) < 4.78 is 10.9. The van der Waals surface area contributed by atoms with Crippen molar-refractivity contribution in [3.05, 3.63) is 75.8 Å². The van der Waals surface area contributed by atoms with E-state index in [-0.39, 0.29) is 16.6 Å². The number of anilines is 1. The molecule has 2 aliphatic heterocycles. The molecule has 0 unspecified atom stereocenters. The molecule has 7 nitrogen and oxygen atoms in total. The highest BCUT2D eigenvalue weighted by Gasteiger charge is 2.62. The van der Waals surface area contributed by atoms with Crippen LogP contribution in [0, 0.1) is 0 Å². The highest BCUT2D eigenvalue weighted by atomic mass is 35.5. The molecule has 0 aromatic heterocycles. The van der Waals surface area contributed by atoms with Gasteiger partial charge in [0.1, 0.15) is 10.6 Å². The Balaban J connectivity index is 1.86. The third-order valence-corrected chi connectivity index (χ3v) is 6.16. The van der Waals surface area contributed by atoms with Crippen LogP contribution in [0.4, 0.5) is 10.5 Å². The fourth-order valence-electron chi connectivity index (χ4n) is 4.01. The summed E-state index contributed by atoms with van der Waals surface area (Å²) in [7, 11) is 0. The highest BCUT2D eigenvalue weighted by molar-refractivity contribution is 6.49. The molecule has 33 heavy (non-hydrogen) atoms. The number of para-hydroxylation sites is 1. The van der Waals surface area contributed by atoms with E-state index in [0.29, 0.717) is 11.3 Å². The van der Waals surface area contributed by atoms with Gasteiger partial charge in [0.05, 0.1) is 17.3 Å². The fraction of sp³-hybridized carbons (Fsp3) is 0.292. The van der Waals surface area contributed by atoms with Crippen molar-refractivity contribution in [3.8, 4) is 0 Å². The Kier molecular flexibility index (Phi) is 5.88. The zero-order valence-electron chi connectivity index (χ0n) is 18.2. The van der Waals surface area contributed by atoms with Gasteiger partial charge < -0.3 is 14.4 Å². The summed E-state index contributed by atoms with van der Waals surface area (Å²) in [5.41, 5.74) is -0.862. The van der Waals surface area contributed by atoms with Gasteiger partial charge in [0.15, 0.2) is 11.6 Å². The number of hydrogen-bond acceptors (Lipinski definition) is 5. The van der Waals surface area contributed by atoms with Crippen molar-refractivity contribution in [1.82, 2.24) is 5.32 Å². The summed E-state index contributed by atoms with van der Waals surface area (Å²) >= 11 is 12.4. The minimum atomic E-state index is -1.86. The Hall–Kier alpha value is -3.03. The van der Waals surface area contributed by atoms with Crippen LogP contribution in [0.3, 0.4) is 0 Å². The molecule has 0 spiro atoms. The molecule has 0 bridgehead atoms. The number of carbonyl (C=O) groups is 3. The van der Waals surface area contributed by atoms with Gasteiger partial charge in [0.2, 0.25) is 0 Å². The molecule has 9 heteroatoms. The Bertz CT molecular complexity index is 1160. The molecule has 2 aliphatic rings. The number of halogens is 2. The Morgan fingerprint density at radius 2 is 1.73 bits per heavy atom. The van der Waals surface area contributed by atoms with E-state index in [4.69, 9.17) is 32.7 Å². The van der Waals surface area contributed by atoms with E-state index < -0.39 is 35.2 Å². The second-order valence-electron chi connectivity index (χ2n) is 8.78. The molecule has 172 valence electrons. The molecule has 2 amide bonds. The highest BCUT2D eigenvalue weighted by Crippen LogP contribution is 2.49. The van der Waals surface area contributed by atoms with Crippen LogP contribution in [0.5, 0.6) is 0 Å². The van der Waals surface area contributed by atoms with Crippen molar-refractivity contribution >= 4 is 46.9 Å². The van der Waals surface area contributed by atoms with E-state index in [1.54, 1.807) is 45.0 Å². The summed E-state index contributed by atoms with van der Waals surface area (Å²) in [4.78, 5) is 40.8. The molecule has 2 heterocycles. The third-order valence-electron chi connectivity index (χ3n) is 5.32. The van der Waals surface area contributed by atoms with E-state index >= 15 is 0 Å². The Labute approximate surface area is 201 Å². The first-order valence-electron chi connectivity index (χ1n) is 10.3.